The normalized spacial score (nSPS) is 14.1. The summed E-state index contributed by atoms with van der Waals surface area (Å²) in [5.41, 5.74) is 2.71. The molecular formula is C28H30N6O3. The van der Waals surface area contributed by atoms with Gasteiger partial charge in [0, 0.05) is 51.7 Å². The third-order valence-electron chi connectivity index (χ3n) is 6.68. The van der Waals surface area contributed by atoms with Gasteiger partial charge in [0.25, 0.3) is 11.5 Å². The van der Waals surface area contributed by atoms with Crippen LogP contribution in [0.5, 0.6) is 0 Å². The van der Waals surface area contributed by atoms with Gasteiger partial charge in [-0.3, -0.25) is 19.3 Å². The summed E-state index contributed by atoms with van der Waals surface area (Å²) < 4.78 is 3.20. The highest BCUT2D eigenvalue weighted by Crippen LogP contribution is 2.24. The average Bonchev–Trinajstić information content (AvgIpc) is 3.28. The van der Waals surface area contributed by atoms with Crippen LogP contribution in [-0.4, -0.2) is 68.7 Å². The molecule has 0 unspecified atom stereocenters. The van der Waals surface area contributed by atoms with Crippen molar-refractivity contribution in [3.8, 4) is 16.9 Å². The zero-order valence-electron chi connectivity index (χ0n) is 20.8. The molecular weight excluding hydrogens is 468 g/mol. The van der Waals surface area contributed by atoms with Crippen molar-refractivity contribution < 1.29 is 9.59 Å². The van der Waals surface area contributed by atoms with Crippen molar-refractivity contribution in [2.75, 3.05) is 32.7 Å². The molecule has 0 bridgehead atoms. The lowest BCUT2D eigenvalue weighted by Crippen LogP contribution is -2.51. The average molecular weight is 499 g/mol. The van der Waals surface area contributed by atoms with Gasteiger partial charge in [-0.25, -0.2) is 0 Å². The molecule has 2 amide bonds. The Morgan fingerprint density at radius 2 is 1.59 bits per heavy atom. The summed E-state index contributed by atoms with van der Waals surface area (Å²) in [4.78, 5) is 43.0. The Labute approximate surface area is 215 Å². The Bertz CT molecular complexity index is 1400. The summed E-state index contributed by atoms with van der Waals surface area (Å²) in [6.07, 6.45) is 3.53. The molecule has 1 saturated heterocycles. The van der Waals surface area contributed by atoms with Gasteiger partial charge in [-0.1, -0.05) is 48.5 Å². The first-order valence-electron chi connectivity index (χ1n) is 12.5. The van der Waals surface area contributed by atoms with Gasteiger partial charge in [-0.2, -0.15) is 9.78 Å². The first-order chi connectivity index (χ1) is 18.0. The Balaban J connectivity index is 1.27. The van der Waals surface area contributed by atoms with Gasteiger partial charge in [-0.05, 0) is 24.6 Å². The van der Waals surface area contributed by atoms with Crippen molar-refractivity contribution in [2.45, 2.75) is 20.0 Å². The number of carbonyl (C=O) groups is 2. The third kappa shape index (κ3) is 5.31. The number of para-hydroxylation sites is 1. The molecule has 5 rings (SSSR count). The minimum Gasteiger partial charge on any atom is -0.353 e. The van der Waals surface area contributed by atoms with Crippen LogP contribution in [0.15, 0.2) is 77.9 Å². The maximum atomic E-state index is 13.6. The van der Waals surface area contributed by atoms with E-state index in [4.69, 9.17) is 0 Å². The number of hydrogen-bond acceptors (Lipinski definition) is 5. The summed E-state index contributed by atoms with van der Waals surface area (Å²) in [5.74, 6) is -0.189. The van der Waals surface area contributed by atoms with Gasteiger partial charge in [0.05, 0.1) is 23.4 Å². The molecule has 0 radical (unpaired) electrons. The van der Waals surface area contributed by atoms with Crippen LogP contribution in [0.1, 0.15) is 22.8 Å². The van der Waals surface area contributed by atoms with Crippen molar-refractivity contribution >= 4 is 11.8 Å². The van der Waals surface area contributed by atoms with Crippen LogP contribution in [0.4, 0.5) is 0 Å². The van der Waals surface area contributed by atoms with Crippen molar-refractivity contribution in [3.63, 3.8) is 0 Å². The van der Waals surface area contributed by atoms with Gasteiger partial charge >= 0.3 is 0 Å². The number of rotatable bonds is 7. The van der Waals surface area contributed by atoms with Gasteiger partial charge in [0.1, 0.15) is 5.69 Å². The van der Waals surface area contributed by atoms with E-state index in [1.165, 1.54) is 4.68 Å². The summed E-state index contributed by atoms with van der Waals surface area (Å²) in [7, 11) is 0. The quantitative estimate of drug-likeness (QED) is 0.422. The lowest BCUT2D eigenvalue weighted by Gasteiger charge is -2.34. The fraction of sp³-hybridized carbons (Fsp3) is 0.286. The van der Waals surface area contributed by atoms with Crippen LogP contribution < -0.4 is 10.9 Å². The van der Waals surface area contributed by atoms with Gasteiger partial charge in [0.15, 0.2) is 0 Å². The van der Waals surface area contributed by atoms with E-state index in [0.29, 0.717) is 68.3 Å². The number of carbonyl (C=O) groups excluding carboxylic acids is 2. The van der Waals surface area contributed by atoms with Crippen LogP contribution in [0.25, 0.3) is 16.9 Å². The summed E-state index contributed by atoms with van der Waals surface area (Å²) in [6, 6.07) is 19.0. The van der Waals surface area contributed by atoms with Crippen LogP contribution >= 0.6 is 0 Å². The molecule has 9 nitrogen and oxygen atoms in total. The second kappa shape index (κ2) is 10.8. The molecule has 37 heavy (non-hydrogen) atoms. The molecule has 0 atom stereocenters. The number of amides is 2. The lowest BCUT2D eigenvalue weighted by molar-refractivity contribution is -0.122. The zero-order chi connectivity index (χ0) is 25.8. The Hall–Kier alpha value is -4.24. The molecule has 0 aromatic heterocycles. The van der Waals surface area contributed by atoms with E-state index >= 15 is 0 Å². The largest absolute Gasteiger partial charge is 0.353 e. The third-order valence-corrected chi connectivity index (χ3v) is 6.68. The number of fused-ring (bicyclic) bond motifs is 1. The fourth-order valence-corrected chi connectivity index (χ4v) is 4.58. The monoisotopic (exact) mass is 498 g/mol. The topological polar surface area (TPSA) is 92.5 Å². The number of hydrogen-bond donors (Lipinski definition) is 1. The van der Waals surface area contributed by atoms with Crippen LogP contribution in [0.2, 0.25) is 0 Å². The Morgan fingerprint density at radius 3 is 2.27 bits per heavy atom. The number of piperazine rings is 1. The van der Waals surface area contributed by atoms with Gasteiger partial charge in [0.2, 0.25) is 5.91 Å². The molecule has 2 aromatic carbocycles. The minimum atomic E-state index is -0.246. The maximum absolute atomic E-state index is 13.6. The van der Waals surface area contributed by atoms with Crippen LogP contribution in [0.3, 0.4) is 0 Å². The summed E-state index contributed by atoms with van der Waals surface area (Å²) >= 11 is 0. The molecule has 3 aliphatic heterocycles. The molecule has 2 aromatic rings. The SMILES string of the molecule is CCn1cc(C(=O)N2CCN(CC(=O)NCc3ccccc3)CC2)c2nn(-c3ccccc3)c(=O)c-2c1. The zero-order valence-corrected chi connectivity index (χ0v) is 20.8. The molecule has 0 spiro atoms. The van der Waals surface area contributed by atoms with E-state index < -0.39 is 0 Å². The highest BCUT2D eigenvalue weighted by atomic mass is 16.2. The fourth-order valence-electron chi connectivity index (χ4n) is 4.58. The Morgan fingerprint density at radius 1 is 0.919 bits per heavy atom. The number of pyridine rings is 1. The Kier molecular flexibility index (Phi) is 7.14. The molecule has 0 saturated carbocycles. The molecule has 1 fully saturated rings. The van der Waals surface area contributed by atoms with Crippen molar-refractivity contribution in [3.05, 3.63) is 94.5 Å². The molecule has 3 heterocycles. The van der Waals surface area contributed by atoms with Crippen molar-refractivity contribution in [1.82, 2.24) is 29.5 Å². The van der Waals surface area contributed by atoms with E-state index in [0.717, 1.165) is 5.56 Å². The number of benzene rings is 2. The number of nitrogens with one attached hydrogen (secondary N) is 1. The second-order valence-electron chi connectivity index (χ2n) is 9.15. The summed E-state index contributed by atoms with van der Waals surface area (Å²) in [5, 5.41) is 7.51. The van der Waals surface area contributed by atoms with Crippen molar-refractivity contribution in [1.29, 1.82) is 0 Å². The number of aryl methyl sites for hydroxylation is 1. The standard InChI is InChI=1S/C28H30N6O3/c1-2-31-18-23(26-24(19-31)28(37)34(30-26)22-11-7-4-8-12-22)27(36)33-15-13-32(14-16-33)20-25(35)29-17-21-9-5-3-6-10-21/h3-12,18-19H,2,13-17,20H2,1H3,(H,29,35). The molecule has 3 aliphatic rings. The van der Waals surface area contributed by atoms with E-state index in [9.17, 15) is 14.4 Å². The number of aromatic nitrogens is 3. The van der Waals surface area contributed by atoms with Crippen molar-refractivity contribution in [2.24, 2.45) is 0 Å². The highest BCUT2D eigenvalue weighted by molar-refractivity contribution is 6.00. The van der Waals surface area contributed by atoms with E-state index in [1.54, 1.807) is 17.3 Å². The molecule has 0 aliphatic carbocycles. The predicted molar refractivity (Wildman–Crippen MR) is 141 cm³/mol. The minimum absolute atomic E-state index is 0.0354. The first kappa shape index (κ1) is 24.5. The highest BCUT2D eigenvalue weighted by Gasteiger charge is 2.29. The molecule has 9 heteroatoms. The lowest BCUT2D eigenvalue weighted by atomic mass is 10.1. The maximum Gasteiger partial charge on any atom is 0.282 e. The van der Waals surface area contributed by atoms with E-state index in [-0.39, 0.29) is 17.4 Å². The first-order valence-corrected chi connectivity index (χ1v) is 12.5. The van der Waals surface area contributed by atoms with E-state index in [1.807, 2.05) is 72.2 Å². The summed E-state index contributed by atoms with van der Waals surface area (Å²) in [6.45, 7) is 5.57. The van der Waals surface area contributed by atoms with E-state index in [2.05, 4.69) is 15.3 Å². The molecule has 190 valence electrons. The predicted octanol–water partition coefficient (Wildman–Crippen LogP) is 2.23. The molecule has 1 N–H and O–H groups in total. The second-order valence-corrected chi connectivity index (χ2v) is 9.15. The smallest absolute Gasteiger partial charge is 0.282 e. The van der Waals surface area contributed by atoms with Gasteiger partial charge in [-0.15, -0.1) is 0 Å². The van der Waals surface area contributed by atoms with Crippen LogP contribution in [-0.2, 0) is 17.9 Å². The number of nitrogens with zero attached hydrogens (tertiary/aromatic N) is 5. The van der Waals surface area contributed by atoms with Gasteiger partial charge < -0.3 is 14.8 Å². The van der Waals surface area contributed by atoms with Crippen LogP contribution in [0, 0.1) is 0 Å².